The number of nitrogens with zero attached hydrogens (tertiary/aromatic N) is 2. The first-order chi connectivity index (χ1) is 12.0. The molecule has 1 unspecified atom stereocenters. The van der Waals surface area contributed by atoms with Gasteiger partial charge in [-0.05, 0) is 38.1 Å². The highest BCUT2D eigenvalue weighted by Gasteiger charge is 2.16. The highest BCUT2D eigenvalue weighted by Crippen LogP contribution is 2.19. The molecule has 0 spiro atoms. The van der Waals surface area contributed by atoms with E-state index in [1.807, 2.05) is 31.2 Å². The molecule has 8 heteroatoms. The summed E-state index contributed by atoms with van der Waals surface area (Å²) in [6.07, 6.45) is 0.463. The van der Waals surface area contributed by atoms with Crippen LogP contribution in [0.2, 0.25) is 0 Å². The summed E-state index contributed by atoms with van der Waals surface area (Å²) in [6, 6.07) is 6.69. The third-order valence-electron chi connectivity index (χ3n) is 3.50. The molecular weight excluding hydrogens is 324 g/mol. The number of carbonyl (C=O) groups is 2. The lowest BCUT2D eigenvalue weighted by Crippen LogP contribution is -2.44. The largest absolute Gasteiger partial charge is 0.497 e. The molecule has 2 amide bonds. The first kappa shape index (κ1) is 18.4. The van der Waals surface area contributed by atoms with Crippen molar-refractivity contribution in [3.8, 4) is 17.1 Å². The van der Waals surface area contributed by atoms with E-state index in [9.17, 15) is 9.59 Å². The van der Waals surface area contributed by atoms with Gasteiger partial charge >= 0.3 is 0 Å². The van der Waals surface area contributed by atoms with Gasteiger partial charge in [-0.25, -0.2) is 0 Å². The van der Waals surface area contributed by atoms with E-state index in [2.05, 4.69) is 20.8 Å². The first-order valence-electron chi connectivity index (χ1n) is 8.07. The summed E-state index contributed by atoms with van der Waals surface area (Å²) >= 11 is 0. The average molecular weight is 346 g/mol. The SMILES string of the molecule is CCNC(=O)C(C)NC(=O)CCc1nc(-c2ccc(OC)cc2)no1. The van der Waals surface area contributed by atoms with Gasteiger partial charge in [-0.3, -0.25) is 9.59 Å². The third kappa shape index (κ3) is 5.30. The van der Waals surface area contributed by atoms with Crippen molar-refractivity contribution in [2.24, 2.45) is 0 Å². The Morgan fingerprint density at radius 1 is 1.28 bits per heavy atom. The second kappa shape index (κ2) is 8.81. The summed E-state index contributed by atoms with van der Waals surface area (Å²) in [7, 11) is 1.60. The molecule has 0 fully saturated rings. The van der Waals surface area contributed by atoms with Crippen molar-refractivity contribution in [3.63, 3.8) is 0 Å². The van der Waals surface area contributed by atoms with Crippen LogP contribution < -0.4 is 15.4 Å². The highest BCUT2D eigenvalue weighted by atomic mass is 16.5. The number of amides is 2. The molecule has 1 aromatic heterocycles. The maximum atomic E-state index is 11.9. The molecule has 0 aliphatic carbocycles. The summed E-state index contributed by atoms with van der Waals surface area (Å²) in [5.41, 5.74) is 0.796. The van der Waals surface area contributed by atoms with Gasteiger partial charge in [-0.2, -0.15) is 4.98 Å². The molecular formula is C17H22N4O4. The number of aryl methyl sites for hydroxylation is 1. The van der Waals surface area contributed by atoms with Crippen LogP contribution in [0.25, 0.3) is 11.4 Å². The van der Waals surface area contributed by atoms with E-state index < -0.39 is 6.04 Å². The predicted octanol–water partition coefficient (Wildman–Crippen LogP) is 1.32. The van der Waals surface area contributed by atoms with E-state index in [-0.39, 0.29) is 18.2 Å². The van der Waals surface area contributed by atoms with Gasteiger partial charge in [0, 0.05) is 24.9 Å². The standard InChI is InChI=1S/C17H22N4O4/c1-4-18-17(23)11(2)19-14(22)9-10-15-20-16(21-25-15)12-5-7-13(24-3)8-6-12/h5-8,11H,4,9-10H2,1-3H3,(H,18,23)(H,19,22). The summed E-state index contributed by atoms with van der Waals surface area (Å²) in [4.78, 5) is 27.7. The van der Waals surface area contributed by atoms with E-state index in [1.54, 1.807) is 14.0 Å². The minimum Gasteiger partial charge on any atom is -0.497 e. The Morgan fingerprint density at radius 3 is 2.64 bits per heavy atom. The van der Waals surface area contributed by atoms with Gasteiger partial charge in [0.1, 0.15) is 11.8 Å². The molecule has 0 aliphatic heterocycles. The number of likely N-dealkylation sites (N-methyl/N-ethyl adjacent to an activating group) is 1. The monoisotopic (exact) mass is 346 g/mol. The molecule has 0 saturated carbocycles. The van der Waals surface area contributed by atoms with Gasteiger partial charge in [-0.1, -0.05) is 5.16 Å². The van der Waals surface area contributed by atoms with Crippen LogP contribution >= 0.6 is 0 Å². The highest BCUT2D eigenvalue weighted by molar-refractivity contribution is 5.87. The van der Waals surface area contributed by atoms with Gasteiger partial charge in [-0.15, -0.1) is 0 Å². The van der Waals surface area contributed by atoms with Crippen LogP contribution in [0.5, 0.6) is 5.75 Å². The quantitative estimate of drug-likeness (QED) is 0.747. The molecule has 0 bridgehead atoms. The Morgan fingerprint density at radius 2 is 2.00 bits per heavy atom. The molecule has 0 radical (unpaired) electrons. The van der Waals surface area contributed by atoms with Gasteiger partial charge in [0.25, 0.3) is 0 Å². The number of rotatable bonds is 8. The van der Waals surface area contributed by atoms with Gasteiger partial charge in [0.05, 0.1) is 7.11 Å². The number of ether oxygens (including phenoxy) is 1. The number of benzene rings is 1. The van der Waals surface area contributed by atoms with Crippen LogP contribution in [0.3, 0.4) is 0 Å². The molecule has 2 N–H and O–H groups in total. The lowest BCUT2D eigenvalue weighted by Gasteiger charge is -2.12. The first-order valence-corrected chi connectivity index (χ1v) is 8.07. The normalized spacial score (nSPS) is 11.6. The molecule has 0 saturated heterocycles. The molecule has 8 nitrogen and oxygen atoms in total. The van der Waals surface area contributed by atoms with Crippen LogP contribution in [-0.2, 0) is 16.0 Å². The van der Waals surface area contributed by atoms with Crippen molar-refractivity contribution in [1.29, 1.82) is 0 Å². The van der Waals surface area contributed by atoms with E-state index in [1.165, 1.54) is 0 Å². The Bertz CT molecular complexity index is 712. The second-order valence-electron chi connectivity index (χ2n) is 5.42. The molecule has 25 heavy (non-hydrogen) atoms. The Labute approximate surface area is 145 Å². The molecule has 2 rings (SSSR count). The van der Waals surface area contributed by atoms with E-state index in [0.29, 0.717) is 24.7 Å². The third-order valence-corrected chi connectivity index (χ3v) is 3.50. The minimum atomic E-state index is -0.579. The zero-order valence-electron chi connectivity index (χ0n) is 14.5. The number of hydrogen-bond donors (Lipinski definition) is 2. The average Bonchev–Trinajstić information content (AvgIpc) is 3.09. The van der Waals surface area contributed by atoms with E-state index in [0.717, 1.165) is 11.3 Å². The number of aromatic nitrogens is 2. The predicted molar refractivity (Wildman–Crippen MR) is 90.9 cm³/mol. The molecule has 0 aliphatic rings. The molecule has 1 atom stereocenters. The lowest BCUT2D eigenvalue weighted by atomic mass is 10.2. The Kier molecular flexibility index (Phi) is 6.50. The second-order valence-corrected chi connectivity index (χ2v) is 5.42. The Balaban J connectivity index is 1.86. The van der Waals surface area contributed by atoms with Gasteiger partial charge < -0.3 is 19.9 Å². The van der Waals surface area contributed by atoms with Crippen LogP contribution in [0.4, 0.5) is 0 Å². The fourth-order valence-electron chi connectivity index (χ4n) is 2.14. The van der Waals surface area contributed by atoms with Crippen molar-refractivity contribution in [3.05, 3.63) is 30.2 Å². The van der Waals surface area contributed by atoms with E-state index >= 15 is 0 Å². The number of methoxy groups -OCH3 is 1. The molecule has 1 heterocycles. The van der Waals surface area contributed by atoms with Crippen molar-refractivity contribution in [1.82, 2.24) is 20.8 Å². The van der Waals surface area contributed by atoms with Crippen molar-refractivity contribution in [2.75, 3.05) is 13.7 Å². The van der Waals surface area contributed by atoms with Crippen molar-refractivity contribution < 1.29 is 18.8 Å². The summed E-state index contributed by atoms with van der Waals surface area (Å²) in [5, 5.41) is 9.19. The number of hydrogen-bond acceptors (Lipinski definition) is 6. The van der Waals surface area contributed by atoms with Crippen LogP contribution in [0.15, 0.2) is 28.8 Å². The van der Waals surface area contributed by atoms with Gasteiger partial charge in [0.2, 0.25) is 23.5 Å². The molecule has 134 valence electrons. The van der Waals surface area contributed by atoms with Gasteiger partial charge in [0.15, 0.2) is 0 Å². The smallest absolute Gasteiger partial charge is 0.242 e. The maximum absolute atomic E-state index is 11.9. The zero-order chi connectivity index (χ0) is 18.2. The van der Waals surface area contributed by atoms with E-state index in [4.69, 9.17) is 9.26 Å². The topological polar surface area (TPSA) is 106 Å². The zero-order valence-corrected chi connectivity index (χ0v) is 14.5. The minimum absolute atomic E-state index is 0.161. The van der Waals surface area contributed by atoms with Crippen LogP contribution in [0, 0.1) is 0 Å². The fourth-order valence-corrected chi connectivity index (χ4v) is 2.14. The maximum Gasteiger partial charge on any atom is 0.242 e. The number of carbonyl (C=O) groups excluding carboxylic acids is 2. The Hall–Kier alpha value is -2.90. The lowest BCUT2D eigenvalue weighted by molar-refractivity contribution is -0.128. The molecule has 1 aromatic carbocycles. The number of nitrogens with one attached hydrogen (secondary N) is 2. The summed E-state index contributed by atoms with van der Waals surface area (Å²) in [5.74, 6) is 1.10. The molecule has 2 aromatic rings. The fraction of sp³-hybridized carbons (Fsp3) is 0.412. The van der Waals surface area contributed by atoms with Crippen LogP contribution in [0.1, 0.15) is 26.2 Å². The summed E-state index contributed by atoms with van der Waals surface area (Å²) < 4.78 is 10.3. The summed E-state index contributed by atoms with van der Waals surface area (Å²) in [6.45, 7) is 3.98. The van der Waals surface area contributed by atoms with Crippen LogP contribution in [-0.4, -0.2) is 41.7 Å². The van der Waals surface area contributed by atoms with Crippen molar-refractivity contribution in [2.45, 2.75) is 32.7 Å². The van der Waals surface area contributed by atoms with Crippen molar-refractivity contribution >= 4 is 11.8 Å².